The van der Waals surface area contributed by atoms with Crippen LogP contribution in [0.3, 0.4) is 0 Å². The summed E-state index contributed by atoms with van der Waals surface area (Å²) >= 11 is 0. The minimum Gasteiger partial charge on any atom is -0.490 e. The fraction of sp³-hybridized carbons (Fsp3) is 0.333. The quantitative estimate of drug-likeness (QED) is 0.862. The van der Waals surface area contributed by atoms with Crippen LogP contribution in [0.1, 0.15) is 36.4 Å². The van der Waals surface area contributed by atoms with Gasteiger partial charge in [0.1, 0.15) is 5.75 Å². The molecule has 2 heteroatoms. The van der Waals surface area contributed by atoms with Crippen LogP contribution >= 0.6 is 0 Å². The van der Waals surface area contributed by atoms with Gasteiger partial charge < -0.3 is 10.5 Å². The van der Waals surface area contributed by atoms with Gasteiger partial charge in [-0.05, 0) is 48.9 Å². The highest BCUT2D eigenvalue weighted by molar-refractivity contribution is 5.31. The fourth-order valence-electron chi connectivity index (χ4n) is 2.33. The van der Waals surface area contributed by atoms with Crippen LogP contribution in [0.15, 0.2) is 54.6 Å². The lowest BCUT2D eigenvalue weighted by Crippen LogP contribution is -2.11. The van der Waals surface area contributed by atoms with Gasteiger partial charge in [-0.1, -0.05) is 42.5 Å². The zero-order valence-electron chi connectivity index (χ0n) is 11.7. The van der Waals surface area contributed by atoms with Gasteiger partial charge in [0, 0.05) is 6.04 Å². The summed E-state index contributed by atoms with van der Waals surface area (Å²) in [6.07, 6.45) is 4.77. The summed E-state index contributed by atoms with van der Waals surface area (Å²) in [6.45, 7) is 0. The lowest BCUT2D eigenvalue weighted by molar-refractivity contribution is 0.302. The lowest BCUT2D eigenvalue weighted by atomic mass is 9.99. The van der Waals surface area contributed by atoms with Gasteiger partial charge in [-0.2, -0.15) is 0 Å². The number of hydrogen-bond donors (Lipinski definition) is 1. The molecule has 0 aromatic heterocycles. The van der Waals surface area contributed by atoms with Crippen LogP contribution in [0.5, 0.6) is 5.75 Å². The normalized spacial score (nSPS) is 15.8. The first kappa shape index (κ1) is 13.2. The Hall–Kier alpha value is -1.80. The van der Waals surface area contributed by atoms with Crippen molar-refractivity contribution < 1.29 is 4.74 Å². The molecule has 0 aliphatic heterocycles. The Morgan fingerprint density at radius 3 is 2.60 bits per heavy atom. The van der Waals surface area contributed by atoms with E-state index < -0.39 is 0 Å². The lowest BCUT2D eigenvalue weighted by Gasteiger charge is -2.14. The summed E-state index contributed by atoms with van der Waals surface area (Å²) in [6, 6.07) is 18.8. The average molecular weight is 267 g/mol. The summed E-state index contributed by atoms with van der Waals surface area (Å²) in [5.41, 5.74) is 8.81. The molecule has 1 atom stereocenters. The second-order valence-electron chi connectivity index (χ2n) is 5.52. The number of nitrogens with two attached hydrogens (primary N) is 1. The van der Waals surface area contributed by atoms with Gasteiger partial charge in [0.15, 0.2) is 0 Å². The van der Waals surface area contributed by atoms with E-state index >= 15 is 0 Å². The molecule has 2 nitrogen and oxygen atoms in total. The number of benzene rings is 2. The molecule has 2 aromatic rings. The van der Waals surface area contributed by atoms with Crippen LogP contribution in [-0.4, -0.2) is 6.10 Å². The topological polar surface area (TPSA) is 35.2 Å². The number of aryl methyl sites for hydroxylation is 1. The molecule has 0 radical (unpaired) electrons. The molecule has 0 saturated heterocycles. The van der Waals surface area contributed by atoms with Crippen LogP contribution in [0.25, 0.3) is 0 Å². The summed E-state index contributed by atoms with van der Waals surface area (Å²) < 4.78 is 5.82. The van der Waals surface area contributed by atoms with E-state index in [0.717, 1.165) is 18.6 Å². The second-order valence-corrected chi connectivity index (χ2v) is 5.52. The third-order valence-corrected chi connectivity index (χ3v) is 3.70. The molecule has 2 aromatic carbocycles. The number of ether oxygens (including phenoxy) is 1. The summed E-state index contributed by atoms with van der Waals surface area (Å²) in [4.78, 5) is 0. The molecule has 1 aliphatic carbocycles. The molecule has 104 valence electrons. The van der Waals surface area contributed by atoms with Crippen molar-refractivity contribution >= 4 is 0 Å². The van der Waals surface area contributed by atoms with Crippen molar-refractivity contribution in [2.45, 2.75) is 37.8 Å². The maximum absolute atomic E-state index is 6.30. The van der Waals surface area contributed by atoms with Gasteiger partial charge in [0.25, 0.3) is 0 Å². The van der Waals surface area contributed by atoms with Crippen molar-refractivity contribution in [3.05, 3.63) is 65.7 Å². The Labute approximate surface area is 120 Å². The highest BCUT2D eigenvalue weighted by atomic mass is 16.5. The highest BCUT2D eigenvalue weighted by Gasteiger charge is 2.23. The molecule has 0 heterocycles. The van der Waals surface area contributed by atoms with Gasteiger partial charge in [0.2, 0.25) is 0 Å². The van der Waals surface area contributed by atoms with Crippen molar-refractivity contribution in [3.8, 4) is 5.75 Å². The largest absolute Gasteiger partial charge is 0.490 e. The molecule has 0 amide bonds. The molecule has 20 heavy (non-hydrogen) atoms. The minimum atomic E-state index is 0.0676. The van der Waals surface area contributed by atoms with Crippen molar-refractivity contribution in [1.29, 1.82) is 0 Å². The first-order valence-corrected chi connectivity index (χ1v) is 7.37. The summed E-state index contributed by atoms with van der Waals surface area (Å²) in [7, 11) is 0. The maximum Gasteiger partial charge on any atom is 0.120 e. The smallest absolute Gasteiger partial charge is 0.120 e. The Balaban J connectivity index is 1.59. The van der Waals surface area contributed by atoms with Crippen molar-refractivity contribution in [1.82, 2.24) is 0 Å². The van der Waals surface area contributed by atoms with Gasteiger partial charge in [-0.3, -0.25) is 0 Å². The van der Waals surface area contributed by atoms with Crippen LogP contribution in [0.4, 0.5) is 0 Å². The molecule has 0 spiro atoms. The van der Waals surface area contributed by atoms with E-state index in [-0.39, 0.29) is 6.04 Å². The van der Waals surface area contributed by atoms with E-state index in [9.17, 15) is 0 Å². The van der Waals surface area contributed by atoms with E-state index in [4.69, 9.17) is 10.5 Å². The van der Waals surface area contributed by atoms with E-state index in [1.54, 1.807) is 0 Å². The zero-order chi connectivity index (χ0) is 13.8. The van der Waals surface area contributed by atoms with Gasteiger partial charge in [0.05, 0.1) is 6.10 Å². The Morgan fingerprint density at radius 1 is 1.05 bits per heavy atom. The molecular formula is C18H21NO. The molecule has 1 fully saturated rings. The van der Waals surface area contributed by atoms with E-state index in [2.05, 4.69) is 36.4 Å². The minimum absolute atomic E-state index is 0.0676. The first-order chi connectivity index (χ1) is 9.81. The van der Waals surface area contributed by atoms with Gasteiger partial charge >= 0.3 is 0 Å². The first-order valence-electron chi connectivity index (χ1n) is 7.37. The van der Waals surface area contributed by atoms with E-state index in [1.807, 2.05) is 18.2 Å². The summed E-state index contributed by atoms with van der Waals surface area (Å²) in [5.74, 6) is 0.958. The van der Waals surface area contributed by atoms with Crippen LogP contribution in [0.2, 0.25) is 0 Å². The monoisotopic (exact) mass is 267 g/mol. The molecule has 1 aliphatic rings. The second kappa shape index (κ2) is 6.10. The van der Waals surface area contributed by atoms with E-state index in [0.29, 0.717) is 6.10 Å². The van der Waals surface area contributed by atoms with Crippen LogP contribution in [0, 0.1) is 0 Å². The molecule has 1 unspecified atom stereocenters. The standard InChI is InChI=1S/C18H21NO/c19-18(12-9-14-5-2-1-3-6-14)15-7-4-8-17(13-15)20-16-10-11-16/h1-8,13,16,18H,9-12,19H2. The predicted octanol–water partition coefficient (Wildman–Crippen LogP) is 3.86. The molecule has 1 saturated carbocycles. The number of hydrogen-bond acceptors (Lipinski definition) is 2. The van der Waals surface area contributed by atoms with Crippen molar-refractivity contribution in [2.75, 3.05) is 0 Å². The Morgan fingerprint density at radius 2 is 1.85 bits per heavy atom. The van der Waals surface area contributed by atoms with Gasteiger partial charge in [-0.25, -0.2) is 0 Å². The SMILES string of the molecule is NC(CCc1ccccc1)c1cccc(OC2CC2)c1. The third kappa shape index (κ3) is 3.61. The molecule has 0 bridgehead atoms. The molecule has 2 N–H and O–H groups in total. The Kier molecular flexibility index (Phi) is 4.03. The average Bonchev–Trinajstić information content (AvgIpc) is 3.30. The van der Waals surface area contributed by atoms with E-state index in [1.165, 1.54) is 24.0 Å². The van der Waals surface area contributed by atoms with Crippen LogP contribution < -0.4 is 10.5 Å². The van der Waals surface area contributed by atoms with Crippen molar-refractivity contribution in [3.63, 3.8) is 0 Å². The van der Waals surface area contributed by atoms with Crippen LogP contribution in [-0.2, 0) is 6.42 Å². The zero-order valence-corrected chi connectivity index (χ0v) is 11.7. The molecule has 3 rings (SSSR count). The number of rotatable bonds is 6. The fourth-order valence-corrected chi connectivity index (χ4v) is 2.33. The Bertz CT molecular complexity index is 548. The third-order valence-electron chi connectivity index (χ3n) is 3.70. The van der Waals surface area contributed by atoms with Gasteiger partial charge in [-0.15, -0.1) is 0 Å². The van der Waals surface area contributed by atoms with Crippen molar-refractivity contribution in [2.24, 2.45) is 5.73 Å². The predicted molar refractivity (Wildman–Crippen MR) is 81.8 cm³/mol. The molecular weight excluding hydrogens is 246 g/mol. The highest BCUT2D eigenvalue weighted by Crippen LogP contribution is 2.28. The maximum atomic E-state index is 6.30. The summed E-state index contributed by atoms with van der Waals surface area (Å²) in [5, 5.41) is 0.